The van der Waals surface area contributed by atoms with Crippen molar-refractivity contribution in [1.82, 2.24) is 4.90 Å². The van der Waals surface area contributed by atoms with Crippen LogP contribution in [0, 0.1) is 0 Å². The average Bonchev–Trinajstić information content (AvgIpc) is 2.72. The molecule has 2 nitrogen and oxygen atoms in total. The molecule has 0 aliphatic carbocycles. The van der Waals surface area contributed by atoms with Crippen LogP contribution < -0.4 is 0 Å². The van der Waals surface area contributed by atoms with Crippen LogP contribution in [0.3, 0.4) is 0 Å². The standard InChI is InChI=1S/C11H17NOS/c1-3-12(4-2)7-5-11(13)10-6-8-14-9-10/h6,8-9H,3-5,7H2,1-2H3. The maximum Gasteiger partial charge on any atom is 0.164 e. The fourth-order valence-electron chi connectivity index (χ4n) is 1.37. The third-order valence-electron chi connectivity index (χ3n) is 2.39. The van der Waals surface area contributed by atoms with Crippen molar-refractivity contribution in [1.29, 1.82) is 0 Å². The van der Waals surface area contributed by atoms with Crippen LogP contribution in [0.4, 0.5) is 0 Å². The molecule has 0 atom stereocenters. The molecule has 1 aromatic heterocycles. The quantitative estimate of drug-likeness (QED) is 0.674. The zero-order chi connectivity index (χ0) is 10.4. The Morgan fingerprint density at radius 3 is 2.64 bits per heavy atom. The van der Waals surface area contributed by atoms with Crippen molar-refractivity contribution in [3.63, 3.8) is 0 Å². The lowest BCUT2D eigenvalue weighted by molar-refractivity contribution is 0.0967. The molecule has 0 N–H and O–H groups in total. The zero-order valence-electron chi connectivity index (χ0n) is 8.82. The van der Waals surface area contributed by atoms with Crippen LogP contribution in [0.25, 0.3) is 0 Å². The fraction of sp³-hybridized carbons (Fsp3) is 0.545. The summed E-state index contributed by atoms with van der Waals surface area (Å²) in [5.41, 5.74) is 0.863. The summed E-state index contributed by atoms with van der Waals surface area (Å²) >= 11 is 1.58. The predicted octanol–water partition coefficient (Wildman–Crippen LogP) is 2.66. The van der Waals surface area contributed by atoms with E-state index in [1.807, 2.05) is 16.8 Å². The van der Waals surface area contributed by atoms with Gasteiger partial charge in [0.25, 0.3) is 0 Å². The molecule has 0 aliphatic heterocycles. The maximum atomic E-state index is 11.6. The first-order valence-electron chi connectivity index (χ1n) is 5.05. The minimum Gasteiger partial charge on any atom is -0.303 e. The van der Waals surface area contributed by atoms with Crippen molar-refractivity contribution in [2.24, 2.45) is 0 Å². The van der Waals surface area contributed by atoms with E-state index in [1.165, 1.54) is 0 Å². The van der Waals surface area contributed by atoms with Crippen molar-refractivity contribution in [3.8, 4) is 0 Å². The summed E-state index contributed by atoms with van der Waals surface area (Å²) in [6.45, 7) is 7.17. The van der Waals surface area contributed by atoms with Crippen LogP contribution in [0.1, 0.15) is 30.6 Å². The number of Topliss-reactive ketones (excluding diaryl/α,β-unsaturated/α-hetero) is 1. The summed E-state index contributed by atoms with van der Waals surface area (Å²) in [6.07, 6.45) is 0.637. The van der Waals surface area contributed by atoms with E-state index < -0.39 is 0 Å². The average molecular weight is 211 g/mol. The number of carbonyl (C=O) groups excluding carboxylic acids is 1. The minimum absolute atomic E-state index is 0.262. The lowest BCUT2D eigenvalue weighted by atomic mass is 10.1. The highest BCUT2D eigenvalue weighted by molar-refractivity contribution is 7.08. The first-order valence-corrected chi connectivity index (χ1v) is 6.00. The summed E-state index contributed by atoms with van der Waals surface area (Å²) in [5.74, 6) is 0.262. The zero-order valence-corrected chi connectivity index (χ0v) is 9.64. The summed E-state index contributed by atoms with van der Waals surface area (Å²) < 4.78 is 0. The van der Waals surface area contributed by atoms with E-state index >= 15 is 0 Å². The molecule has 14 heavy (non-hydrogen) atoms. The van der Waals surface area contributed by atoms with E-state index in [0.29, 0.717) is 6.42 Å². The van der Waals surface area contributed by atoms with Crippen LogP contribution >= 0.6 is 11.3 Å². The van der Waals surface area contributed by atoms with Crippen LogP contribution in [-0.4, -0.2) is 30.3 Å². The van der Waals surface area contributed by atoms with Crippen LogP contribution in [-0.2, 0) is 0 Å². The van der Waals surface area contributed by atoms with Gasteiger partial charge in [0.15, 0.2) is 5.78 Å². The van der Waals surface area contributed by atoms with Crippen molar-refractivity contribution in [2.75, 3.05) is 19.6 Å². The Hall–Kier alpha value is -0.670. The van der Waals surface area contributed by atoms with E-state index in [4.69, 9.17) is 0 Å². The Kier molecular flexibility index (Phi) is 4.84. The van der Waals surface area contributed by atoms with Gasteiger partial charge in [0.2, 0.25) is 0 Å². The van der Waals surface area contributed by atoms with Gasteiger partial charge in [-0.15, -0.1) is 0 Å². The van der Waals surface area contributed by atoms with E-state index in [-0.39, 0.29) is 5.78 Å². The van der Waals surface area contributed by atoms with Crippen LogP contribution in [0.5, 0.6) is 0 Å². The summed E-state index contributed by atoms with van der Waals surface area (Å²) in [6, 6.07) is 1.90. The highest BCUT2D eigenvalue weighted by Gasteiger charge is 2.07. The van der Waals surface area contributed by atoms with Gasteiger partial charge in [-0.05, 0) is 24.5 Å². The lowest BCUT2D eigenvalue weighted by Gasteiger charge is -2.16. The third-order valence-corrected chi connectivity index (χ3v) is 3.08. The Labute approximate surface area is 89.5 Å². The van der Waals surface area contributed by atoms with Gasteiger partial charge in [-0.1, -0.05) is 13.8 Å². The molecule has 0 saturated carbocycles. The number of thiophene rings is 1. The lowest BCUT2D eigenvalue weighted by Crippen LogP contribution is -2.25. The molecule has 1 rings (SSSR count). The van der Waals surface area contributed by atoms with Gasteiger partial charge in [-0.3, -0.25) is 4.79 Å². The predicted molar refractivity (Wildman–Crippen MR) is 61.1 cm³/mol. The second-order valence-corrected chi connectivity index (χ2v) is 3.99. The molecule has 3 heteroatoms. The largest absolute Gasteiger partial charge is 0.303 e. The SMILES string of the molecule is CCN(CC)CCC(=O)c1ccsc1. The van der Waals surface area contributed by atoms with Gasteiger partial charge in [-0.25, -0.2) is 0 Å². The second-order valence-electron chi connectivity index (χ2n) is 3.21. The third kappa shape index (κ3) is 3.24. The molecule has 0 spiro atoms. The van der Waals surface area contributed by atoms with E-state index in [1.54, 1.807) is 11.3 Å². The van der Waals surface area contributed by atoms with Gasteiger partial charge >= 0.3 is 0 Å². The van der Waals surface area contributed by atoms with Crippen LogP contribution in [0.15, 0.2) is 16.8 Å². The molecular formula is C11H17NOS. The van der Waals surface area contributed by atoms with Crippen molar-refractivity contribution in [3.05, 3.63) is 22.4 Å². The molecule has 0 bridgehead atoms. The minimum atomic E-state index is 0.262. The summed E-state index contributed by atoms with van der Waals surface area (Å²) in [5, 5.41) is 3.87. The van der Waals surface area contributed by atoms with E-state index in [0.717, 1.165) is 25.2 Å². The molecule has 78 valence electrons. The molecule has 1 heterocycles. The molecule has 0 saturated heterocycles. The molecule has 1 aromatic rings. The first kappa shape index (κ1) is 11.4. The smallest absolute Gasteiger partial charge is 0.164 e. The van der Waals surface area contributed by atoms with E-state index in [2.05, 4.69) is 18.7 Å². The van der Waals surface area contributed by atoms with Crippen molar-refractivity contribution >= 4 is 17.1 Å². The number of hydrogen-bond donors (Lipinski definition) is 0. The van der Waals surface area contributed by atoms with Gasteiger partial charge in [0.1, 0.15) is 0 Å². The number of ketones is 1. The highest BCUT2D eigenvalue weighted by atomic mass is 32.1. The Bertz CT molecular complexity index is 265. The normalized spacial score (nSPS) is 10.8. The monoisotopic (exact) mass is 211 g/mol. The van der Waals surface area contributed by atoms with Crippen molar-refractivity contribution in [2.45, 2.75) is 20.3 Å². The van der Waals surface area contributed by atoms with Gasteiger partial charge < -0.3 is 4.90 Å². The molecule has 0 fully saturated rings. The molecule has 0 aromatic carbocycles. The fourth-order valence-corrected chi connectivity index (χ4v) is 2.03. The Morgan fingerprint density at radius 1 is 1.43 bits per heavy atom. The Morgan fingerprint density at radius 2 is 2.14 bits per heavy atom. The van der Waals surface area contributed by atoms with Crippen molar-refractivity contribution < 1.29 is 4.79 Å². The number of hydrogen-bond acceptors (Lipinski definition) is 3. The molecule has 0 radical (unpaired) electrons. The van der Waals surface area contributed by atoms with Gasteiger partial charge in [0.05, 0.1) is 0 Å². The maximum absolute atomic E-state index is 11.6. The number of carbonyl (C=O) groups is 1. The van der Waals surface area contributed by atoms with E-state index in [9.17, 15) is 4.79 Å². The van der Waals surface area contributed by atoms with Gasteiger partial charge in [0, 0.05) is 23.9 Å². The molecule has 0 amide bonds. The highest BCUT2D eigenvalue weighted by Crippen LogP contribution is 2.09. The van der Waals surface area contributed by atoms with Crippen LogP contribution in [0.2, 0.25) is 0 Å². The molecular weight excluding hydrogens is 194 g/mol. The molecule has 0 aliphatic rings. The summed E-state index contributed by atoms with van der Waals surface area (Å²) in [7, 11) is 0. The molecule has 0 unspecified atom stereocenters. The van der Waals surface area contributed by atoms with Gasteiger partial charge in [-0.2, -0.15) is 11.3 Å². The number of rotatable bonds is 6. The first-order chi connectivity index (χ1) is 6.77. The number of nitrogens with zero attached hydrogens (tertiary/aromatic N) is 1. The second kappa shape index (κ2) is 5.94. The topological polar surface area (TPSA) is 20.3 Å². The Balaban J connectivity index is 2.35. The summed E-state index contributed by atoms with van der Waals surface area (Å²) in [4.78, 5) is 13.9.